The first-order chi connectivity index (χ1) is 9.81. The molecule has 3 heteroatoms. The van der Waals surface area contributed by atoms with E-state index in [1.807, 2.05) is 23.1 Å². The van der Waals surface area contributed by atoms with Crippen LogP contribution in [0.2, 0.25) is 0 Å². The van der Waals surface area contributed by atoms with Crippen LogP contribution in [0.3, 0.4) is 0 Å². The van der Waals surface area contributed by atoms with Gasteiger partial charge in [-0.3, -0.25) is 4.79 Å². The second kappa shape index (κ2) is 6.02. The van der Waals surface area contributed by atoms with Gasteiger partial charge in [0.05, 0.1) is 0 Å². The van der Waals surface area contributed by atoms with Crippen LogP contribution in [0.1, 0.15) is 39.7 Å². The van der Waals surface area contributed by atoms with E-state index in [0.717, 1.165) is 31.5 Å². The zero-order chi connectivity index (χ0) is 15.5. The van der Waals surface area contributed by atoms with Gasteiger partial charge in [0, 0.05) is 29.7 Å². The number of hydrogen-bond acceptors (Lipinski definition) is 2. The molecule has 1 aromatic rings. The lowest BCUT2D eigenvalue weighted by atomic mass is 9.86. The molecule has 1 N–H and O–H groups in total. The molecule has 21 heavy (non-hydrogen) atoms. The van der Waals surface area contributed by atoms with Crippen molar-refractivity contribution in [3.8, 4) is 0 Å². The fourth-order valence-electron chi connectivity index (χ4n) is 3.22. The first-order valence-electron chi connectivity index (χ1n) is 7.58. The Balaban J connectivity index is 2.10. The van der Waals surface area contributed by atoms with Crippen LogP contribution in [0.5, 0.6) is 0 Å². The monoisotopic (exact) mass is 286 g/mol. The highest BCUT2D eigenvalue weighted by Gasteiger charge is 2.33. The summed E-state index contributed by atoms with van der Waals surface area (Å²) in [5.74, 6) is 0. The van der Waals surface area contributed by atoms with Gasteiger partial charge in [0.2, 0.25) is 6.41 Å². The third kappa shape index (κ3) is 4.43. The highest BCUT2D eigenvalue weighted by Crippen LogP contribution is 2.29. The molecule has 0 aromatic heterocycles. The van der Waals surface area contributed by atoms with Gasteiger partial charge >= 0.3 is 0 Å². The highest BCUT2D eigenvalue weighted by molar-refractivity contribution is 5.52. The maximum absolute atomic E-state index is 11.5. The Labute approximate surface area is 128 Å². The van der Waals surface area contributed by atoms with Gasteiger partial charge in [0.25, 0.3) is 0 Å². The van der Waals surface area contributed by atoms with E-state index in [0.29, 0.717) is 0 Å². The number of nitrogens with one attached hydrogen (secondary N) is 1. The Hall–Kier alpha value is -1.61. The number of carbonyl (C=O) groups is 1. The maximum Gasteiger partial charge on any atom is 0.213 e. The molecule has 0 bridgehead atoms. The minimum atomic E-state index is -0.0922. The van der Waals surface area contributed by atoms with Crippen molar-refractivity contribution in [2.45, 2.75) is 51.6 Å². The Kier molecular flexibility index (Phi) is 4.52. The molecule has 1 aliphatic rings. The minimum absolute atomic E-state index is 0.00158. The molecule has 0 fully saturated rings. The van der Waals surface area contributed by atoms with E-state index < -0.39 is 0 Å². The summed E-state index contributed by atoms with van der Waals surface area (Å²) in [7, 11) is 0. The predicted molar refractivity (Wildman–Crippen MR) is 86.9 cm³/mol. The van der Waals surface area contributed by atoms with Gasteiger partial charge in [-0.05, 0) is 45.8 Å². The van der Waals surface area contributed by atoms with Crippen LogP contribution in [-0.4, -0.2) is 28.9 Å². The summed E-state index contributed by atoms with van der Waals surface area (Å²) in [5.41, 5.74) is 2.29. The molecule has 0 saturated heterocycles. The van der Waals surface area contributed by atoms with E-state index in [1.54, 1.807) is 0 Å². The van der Waals surface area contributed by atoms with Crippen molar-refractivity contribution in [2.75, 3.05) is 6.54 Å². The molecule has 0 radical (unpaired) electrons. The fourth-order valence-corrected chi connectivity index (χ4v) is 3.22. The van der Waals surface area contributed by atoms with Gasteiger partial charge in [-0.15, -0.1) is 0 Å². The van der Waals surface area contributed by atoms with Crippen molar-refractivity contribution >= 4 is 6.41 Å². The average molecular weight is 286 g/mol. The summed E-state index contributed by atoms with van der Waals surface area (Å²) in [4.78, 5) is 13.4. The van der Waals surface area contributed by atoms with Crippen LogP contribution < -0.4 is 5.32 Å². The quantitative estimate of drug-likeness (QED) is 0.844. The summed E-state index contributed by atoms with van der Waals surface area (Å²) >= 11 is 0. The molecule has 114 valence electrons. The van der Waals surface area contributed by atoms with E-state index in [-0.39, 0.29) is 11.1 Å². The zero-order valence-corrected chi connectivity index (χ0v) is 13.5. The van der Waals surface area contributed by atoms with Crippen molar-refractivity contribution in [1.82, 2.24) is 10.2 Å². The fraction of sp³-hybridized carbons (Fsp3) is 0.500. The van der Waals surface area contributed by atoms with E-state index >= 15 is 0 Å². The van der Waals surface area contributed by atoms with E-state index in [9.17, 15) is 4.79 Å². The standard InChI is InChI=1S/C18H26N2O/c1-17(2)12-16(13-18(3,4)19-17)20(14-21)11-10-15-8-6-5-7-9-15/h5-9,12,14,19H,10-11,13H2,1-4H3. The molecule has 0 aliphatic carbocycles. The average Bonchev–Trinajstić information content (AvgIpc) is 2.37. The van der Waals surface area contributed by atoms with Crippen molar-refractivity contribution in [3.63, 3.8) is 0 Å². The topological polar surface area (TPSA) is 32.3 Å². The second-order valence-electron chi connectivity index (χ2n) is 7.08. The summed E-state index contributed by atoms with van der Waals surface area (Å²) in [6, 6.07) is 10.3. The number of nitrogens with zero attached hydrogens (tertiary/aromatic N) is 1. The van der Waals surface area contributed by atoms with Crippen LogP contribution >= 0.6 is 0 Å². The number of rotatable bonds is 5. The Bertz CT molecular complexity index is 517. The van der Waals surface area contributed by atoms with Crippen LogP contribution in [0.25, 0.3) is 0 Å². The van der Waals surface area contributed by atoms with Gasteiger partial charge in [0.15, 0.2) is 0 Å². The normalized spacial score (nSPS) is 19.7. The smallest absolute Gasteiger partial charge is 0.213 e. The molecule has 0 saturated carbocycles. The lowest BCUT2D eigenvalue weighted by molar-refractivity contribution is -0.116. The van der Waals surface area contributed by atoms with Gasteiger partial charge in [-0.2, -0.15) is 0 Å². The van der Waals surface area contributed by atoms with Gasteiger partial charge in [-0.1, -0.05) is 30.3 Å². The zero-order valence-electron chi connectivity index (χ0n) is 13.5. The largest absolute Gasteiger partial charge is 0.319 e. The van der Waals surface area contributed by atoms with E-state index in [4.69, 9.17) is 0 Å². The second-order valence-corrected chi connectivity index (χ2v) is 7.08. The Morgan fingerprint density at radius 2 is 1.86 bits per heavy atom. The molecule has 1 heterocycles. The third-order valence-electron chi connectivity index (χ3n) is 3.79. The predicted octanol–water partition coefficient (Wildman–Crippen LogP) is 3.12. The summed E-state index contributed by atoms with van der Waals surface area (Å²) in [5, 5.41) is 3.60. The van der Waals surface area contributed by atoms with Gasteiger partial charge in [-0.25, -0.2) is 0 Å². The van der Waals surface area contributed by atoms with Crippen LogP contribution in [0.15, 0.2) is 42.1 Å². The molecule has 0 atom stereocenters. The molecule has 3 nitrogen and oxygen atoms in total. The third-order valence-corrected chi connectivity index (χ3v) is 3.79. The highest BCUT2D eigenvalue weighted by atomic mass is 16.1. The first kappa shape index (κ1) is 15.8. The van der Waals surface area contributed by atoms with E-state index in [2.05, 4.69) is 51.2 Å². The van der Waals surface area contributed by atoms with Crippen LogP contribution in [0, 0.1) is 0 Å². The number of benzene rings is 1. The lowest BCUT2D eigenvalue weighted by Gasteiger charge is -2.43. The van der Waals surface area contributed by atoms with E-state index in [1.165, 1.54) is 5.56 Å². The van der Waals surface area contributed by atoms with Crippen LogP contribution in [0.4, 0.5) is 0 Å². The van der Waals surface area contributed by atoms with Crippen molar-refractivity contribution < 1.29 is 4.79 Å². The first-order valence-corrected chi connectivity index (χ1v) is 7.58. The Morgan fingerprint density at radius 3 is 2.43 bits per heavy atom. The minimum Gasteiger partial charge on any atom is -0.319 e. The lowest BCUT2D eigenvalue weighted by Crippen LogP contribution is -2.55. The SMILES string of the molecule is CC1(C)C=C(N(C=O)CCc2ccccc2)CC(C)(C)N1. The molecule has 1 aliphatic heterocycles. The van der Waals surface area contributed by atoms with Gasteiger partial charge in [0.1, 0.15) is 0 Å². The summed E-state index contributed by atoms with van der Waals surface area (Å²) < 4.78 is 0. The Morgan fingerprint density at radius 1 is 1.19 bits per heavy atom. The van der Waals surface area contributed by atoms with Crippen molar-refractivity contribution in [2.24, 2.45) is 0 Å². The van der Waals surface area contributed by atoms with Gasteiger partial charge < -0.3 is 10.2 Å². The molecule has 0 unspecified atom stereocenters. The van der Waals surface area contributed by atoms with Crippen molar-refractivity contribution in [3.05, 3.63) is 47.7 Å². The molecule has 0 spiro atoms. The molecule has 2 rings (SSSR count). The van der Waals surface area contributed by atoms with Crippen LogP contribution in [-0.2, 0) is 11.2 Å². The summed E-state index contributed by atoms with van der Waals surface area (Å²) in [6.45, 7) is 9.39. The molecular formula is C18H26N2O. The van der Waals surface area contributed by atoms with Crippen molar-refractivity contribution in [1.29, 1.82) is 0 Å². The summed E-state index contributed by atoms with van der Waals surface area (Å²) in [6.07, 6.45) is 4.89. The maximum atomic E-state index is 11.5. The number of hydrogen-bond donors (Lipinski definition) is 1. The number of amides is 1. The number of carbonyl (C=O) groups excluding carboxylic acids is 1. The molecular weight excluding hydrogens is 260 g/mol. The molecule has 1 aromatic carbocycles. The molecule has 1 amide bonds.